The molecule has 114 valence electrons. The maximum atomic E-state index is 12.0. The zero-order valence-electron chi connectivity index (χ0n) is 12.0. The number of carbonyl (C=O) groups is 2. The maximum absolute atomic E-state index is 12.0. The molecule has 0 saturated heterocycles. The van der Waals surface area contributed by atoms with Crippen LogP contribution in [0.3, 0.4) is 0 Å². The highest BCUT2D eigenvalue weighted by Gasteiger charge is 2.19. The zero-order valence-corrected chi connectivity index (χ0v) is 12.0. The SMILES string of the molecule is N#C/C(=C/Nc1ccc(C(=O)O)cc1)C(=O)NC1CCCC1. The lowest BCUT2D eigenvalue weighted by molar-refractivity contribution is -0.117. The van der Waals surface area contributed by atoms with Gasteiger partial charge >= 0.3 is 5.97 Å². The van der Waals surface area contributed by atoms with Gasteiger partial charge < -0.3 is 15.7 Å². The fourth-order valence-electron chi connectivity index (χ4n) is 2.35. The van der Waals surface area contributed by atoms with E-state index in [0.29, 0.717) is 5.69 Å². The molecule has 1 aliphatic carbocycles. The van der Waals surface area contributed by atoms with Crippen LogP contribution in [0.2, 0.25) is 0 Å². The summed E-state index contributed by atoms with van der Waals surface area (Å²) in [5.74, 6) is -1.39. The first kappa shape index (κ1) is 15.6. The van der Waals surface area contributed by atoms with Gasteiger partial charge in [0.2, 0.25) is 0 Å². The Morgan fingerprint density at radius 2 is 1.86 bits per heavy atom. The van der Waals surface area contributed by atoms with Gasteiger partial charge in [-0.3, -0.25) is 4.79 Å². The number of carbonyl (C=O) groups excluding carboxylic acids is 1. The first-order valence-electron chi connectivity index (χ1n) is 7.11. The lowest BCUT2D eigenvalue weighted by Gasteiger charge is -2.11. The molecule has 0 heterocycles. The molecule has 6 nitrogen and oxygen atoms in total. The molecule has 1 saturated carbocycles. The molecule has 3 N–H and O–H groups in total. The van der Waals surface area contributed by atoms with Crippen molar-refractivity contribution < 1.29 is 14.7 Å². The summed E-state index contributed by atoms with van der Waals surface area (Å²) in [6.07, 6.45) is 5.44. The molecular weight excluding hydrogens is 282 g/mol. The van der Waals surface area contributed by atoms with Gasteiger partial charge in [-0.05, 0) is 37.1 Å². The van der Waals surface area contributed by atoms with Gasteiger partial charge in [-0.2, -0.15) is 5.26 Å². The standard InChI is InChI=1S/C16H17N3O3/c17-9-12(15(20)19-14-3-1-2-4-14)10-18-13-7-5-11(6-8-13)16(21)22/h5-8,10,14,18H,1-4H2,(H,19,20)(H,21,22)/b12-10-. The number of aromatic carboxylic acids is 1. The minimum absolute atomic E-state index is 0.00536. The monoisotopic (exact) mass is 299 g/mol. The summed E-state index contributed by atoms with van der Waals surface area (Å²) in [5, 5.41) is 23.6. The van der Waals surface area contributed by atoms with Crippen molar-refractivity contribution in [3.63, 3.8) is 0 Å². The van der Waals surface area contributed by atoms with Crippen molar-refractivity contribution in [2.24, 2.45) is 0 Å². The van der Waals surface area contributed by atoms with Gasteiger partial charge in [-0.1, -0.05) is 12.8 Å². The second kappa shape index (κ2) is 7.27. The molecule has 1 amide bonds. The van der Waals surface area contributed by atoms with Crippen molar-refractivity contribution in [2.75, 3.05) is 5.32 Å². The number of nitrogens with zero attached hydrogens (tertiary/aromatic N) is 1. The number of hydrogen-bond acceptors (Lipinski definition) is 4. The normalized spacial score (nSPS) is 15.1. The van der Waals surface area contributed by atoms with Gasteiger partial charge in [0.1, 0.15) is 11.6 Å². The second-order valence-electron chi connectivity index (χ2n) is 5.15. The second-order valence-corrected chi connectivity index (χ2v) is 5.15. The predicted molar refractivity (Wildman–Crippen MR) is 81.1 cm³/mol. The molecule has 1 aromatic carbocycles. The van der Waals surface area contributed by atoms with Gasteiger partial charge in [0.05, 0.1) is 5.56 Å². The molecule has 1 aliphatic rings. The van der Waals surface area contributed by atoms with Crippen LogP contribution in [-0.4, -0.2) is 23.0 Å². The van der Waals surface area contributed by atoms with E-state index in [4.69, 9.17) is 10.4 Å². The minimum Gasteiger partial charge on any atom is -0.478 e. The number of anilines is 1. The van der Waals surface area contributed by atoms with Crippen LogP contribution in [0, 0.1) is 11.3 Å². The lowest BCUT2D eigenvalue weighted by atomic mass is 10.2. The number of benzene rings is 1. The number of amides is 1. The molecule has 0 atom stereocenters. The van der Waals surface area contributed by atoms with E-state index < -0.39 is 5.97 Å². The molecule has 1 fully saturated rings. The molecule has 0 radical (unpaired) electrons. The average molecular weight is 299 g/mol. The molecule has 0 aliphatic heterocycles. The first-order chi connectivity index (χ1) is 10.6. The van der Waals surface area contributed by atoms with Crippen LogP contribution in [0.5, 0.6) is 0 Å². The number of nitriles is 1. The molecule has 6 heteroatoms. The average Bonchev–Trinajstić information content (AvgIpc) is 3.01. The molecule has 1 aromatic rings. The Morgan fingerprint density at radius 3 is 2.41 bits per heavy atom. The van der Waals surface area contributed by atoms with E-state index in [2.05, 4.69) is 10.6 Å². The largest absolute Gasteiger partial charge is 0.478 e. The lowest BCUT2D eigenvalue weighted by Crippen LogP contribution is -2.33. The fourth-order valence-corrected chi connectivity index (χ4v) is 2.35. The molecule has 2 rings (SSSR count). The van der Waals surface area contributed by atoms with Crippen LogP contribution >= 0.6 is 0 Å². The van der Waals surface area contributed by atoms with Crippen LogP contribution in [0.25, 0.3) is 0 Å². The molecule has 0 spiro atoms. The summed E-state index contributed by atoms with van der Waals surface area (Å²) >= 11 is 0. The van der Waals surface area contributed by atoms with Gasteiger partial charge in [-0.15, -0.1) is 0 Å². The van der Waals surface area contributed by atoms with Gasteiger partial charge in [0, 0.05) is 17.9 Å². The highest BCUT2D eigenvalue weighted by atomic mass is 16.4. The third-order valence-electron chi connectivity index (χ3n) is 3.57. The molecule has 0 bridgehead atoms. The van der Waals surface area contributed by atoms with E-state index in [9.17, 15) is 9.59 Å². The van der Waals surface area contributed by atoms with Crippen molar-refractivity contribution in [1.82, 2.24) is 5.32 Å². The Morgan fingerprint density at radius 1 is 1.23 bits per heavy atom. The summed E-state index contributed by atoms with van der Waals surface area (Å²) in [6, 6.07) is 8.06. The van der Waals surface area contributed by atoms with Crippen molar-refractivity contribution in [3.05, 3.63) is 41.6 Å². The third kappa shape index (κ3) is 4.09. The highest BCUT2D eigenvalue weighted by Crippen LogP contribution is 2.18. The minimum atomic E-state index is -1.00. The summed E-state index contributed by atoms with van der Waals surface area (Å²) in [4.78, 5) is 22.7. The van der Waals surface area contributed by atoms with Crippen LogP contribution in [-0.2, 0) is 4.79 Å². The smallest absolute Gasteiger partial charge is 0.335 e. The van der Waals surface area contributed by atoms with Crippen molar-refractivity contribution >= 4 is 17.6 Å². The van der Waals surface area contributed by atoms with Gasteiger partial charge in [-0.25, -0.2) is 4.79 Å². The maximum Gasteiger partial charge on any atom is 0.335 e. The number of hydrogen-bond donors (Lipinski definition) is 3. The van der Waals surface area contributed by atoms with Crippen molar-refractivity contribution in [2.45, 2.75) is 31.7 Å². The van der Waals surface area contributed by atoms with Crippen LogP contribution in [0.4, 0.5) is 5.69 Å². The van der Waals surface area contributed by atoms with Crippen molar-refractivity contribution in [1.29, 1.82) is 5.26 Å². The van der Waals surface area contributed by atoms with E-state index in [-0.39, 0.29) is 23.1 Å². The number of carboxylic acids is 1. The third-order valence-corrected chi connectivity index (χ3v) is 3.57. The summed E-state index contributed by atoms with van der Waals surface area (Å²) in [6.45, 7) is 0. The predicted octanol–water partition coefficient (Wildman–Crippen LogP) is 2.26. The van der Waals surface area contributed by atoms with Crippen molar-refractivity contribution in [3.8, 4) is 6.07 Å². The Kier molecular flexibility index (Phi) is 5.15. The summed E-state index contributed by atoms with van der Waals surface area (Å²) in [5.41, 5.74) is 0.773. The van der Waals surface area contributed by atoms with E-state index in [1.54, 1.807) is 12.1 Å². The number of nitrogens with one attached hydrogen (secondary N) is 2. The Hall–Kier alpha value is -2.81. The summed E-state index contributed by atoms with van der Waals surface area (Å²) < 4.78 is 0. The highest BCUT2D eigenvalue weighted by molar-refractivity contribution is 5.97. The fraction of sp³-hybridized carbons (Fsp3) is 0.312. The first-order valence-corrected chi connectivity index (χ1v) is 7.11. The van der Waals surface area contributed by atoms with E-state index >= 15 is 0 Å². The van der Waals surface area contributed by atoms with Crippen LogP contribution in [0.1, 0.15) is 36.0 Å². The number of rotatable bonds is 5. The number of carboxylic acid groups (broad SMARTS) is 1. The van der Waals surface area contributed by atoms with E-state index in [0.717, 1.165) is 25.7 Å². The van der Waals surface area contributed by atoms with Gasteiger partial charge in [0.15, 0.2) is 0 Å². The molecule has 0 unspecified atom stereocenters. The van der Waals surface area contributed by atoms with Crippen LogP contribution < -0.4 is 10.6 Å². The Balaban J connectivity index is 1.97. The van der Waals surface area contributed by atoms with Crippen LogP contribution in [0.15, 0.2) is 36.0 Å². The Labute approximate surface area is 128 Å². The van der Waals surface area contributed by atoms with E-state index in [1.807, 2.05) is 6.07 Å². The zero-order chi connectivity index (χ0) is 15.9. The summed E-state index contributed by atoms with van der Waals surface area (Å²) in [7, 11) is 0. The quantitative estimate of drug-likeness (QED) is 0.571. The van der Waals surface area contributed by atoms with E-state index in [1.165, 1.54) is 18.3 Å². The topological polar surface area (TPSA) is 102 Å². The van der Waals surface area contributed by atoms with Gasteiger partial charge in [0.25, 0.3) is 5.91 Å². The molecule has 0 aromatic heterocycles. The Bertz CT molecular complexity index is 623. The molecule has 22 heavy (non-hydrogen) atoms. The molecular formula is C16H17N3O3.